The lowest BCUT2D eigenvalue weighted by molar-refractivity contribution is 0.122. The number of fused-ring (bicyclic) bond motifs is 1. The molecule has 1 atom stereocenters. The van der Waals surface area contributed by atoms with Gasteiger partial charge in [-0.2, -0.15) is 10.1 Å². The molecule has 1 aliphatic rings. The van der Waals surface area contributed by atoms with Crippen LogP contribution in [-0.4, -0.2) is 48.5 Å². The van der Waals surface area contributed by atoms with Crippen LogP contribution in [0.25, 0.3) is 0 Å². The summed E-state index contributed by atoms with van der Waals surface area (Å²) >= 11 is 1.37. The maximum absolute atomic E-state index is 10.6. The monoisotopic (exact) mass is 474 g/mol. The molecule has 0 spiro atoms. The molecule has 1 aliphatic heterocycles. The van der Waals surface area contributed by atoms with E-state index in [4.69, 9.17) is 4.74 Å². The maximum atomic E-state index is 10.6. The van der Waals surface area contributed by atoms with Gasteiger partial charge in [0.05, 0.1) is 13.3 Å². The molecule has 0 saturated carbocycles. The van der Waals surface area contributed by atoms with E-state index in [-0.39, 0.29) is 0 Å². The highest BCUT2D eigenvalue weighted by molar-refractivity contribution is 7.09. The van der Waals surface area contributed by atoms with E-state index in [1.54, 1.807) is 38.7 Å². The topological polar surface area (TPSA) is 114 Å². The molecule has 2 N–H and O–H groups in total. The molecule has 5 rings (SSSR count). The Labute approximate surface area is 200 Å². The fraction of sp³-hybridized carbons (Fsp3) is 0.261. The van der Waals surface area contributed by atoms with Crippen LogP contribution >= 0.6 is 11.3 Å². The van der Waals surface area contributed by atoms with Gasteiger partial charge in [-0.25, -0.2) is 19.6 Å². The standard InChI is InChI=1S/C23H22N8O2S/c1-23(32,21-24-10-13-34-21)8-6-16-14-20-30(11-3-12-31(20)29-16)19-7-9-25-22(28-19)27-18-5-4-17(33-2)15-26-18/h4-5,7,9-10,13-15,32H,3,11-12H2,1-2H3,(H,25,26,27,28). The number of aryl methyl sites for hydroxylation is 1. The van der Waals surface area contributed by atoms with E-state index in [1.165, 1.54) is 11.3 Å². The molecule has 172 valence electrons. The number of aliphatic hydroxyl groups is 1. The van der Waals surface area contributed by atoms with E-state index in [0.717, 1.165) is 31.1 Å². The minimum Gasteiger partial charge on any atom is -0.495 e. The smallest absolute Gasteiger partial charge is 0.230 e. The normalized spacial score (nSPS) is 14.5. The Bertz CT molecular complexity index is 1340. The van der Waals surface area contributed by atoms with Crippen molar-refractivity contribution in [3.63, 3.8) is 0 Å². The first-order valence-electron chi connectivity index (χ1n) is 10.6. The maximum Gasteiger partial charge on any atom is 0.230 e. The van der Waals surface area contributed by atoms with E-state index in [0.29, 0.717) is 28.2 Å². The SMILES string of the molecule is COc1ccc(Nc2nccc(N3CCCn4nc(C#CC(C)(O)c5nccs5)cc43)n2)nc1. The van der Waals surface area contributed by atoms with Gasteiger partial charge >= 0.3 is 0 Å². The fourth-order valence-corrected chi connectivity index (χ4v) is 4.18. The third-order valence-electron chi connectivity index (χ3n) is 5.20. The molecule has 11 heteroatoms. The number of pyridine rings is 1. The average Bonchev–Trinajstić information content (AvgIpc) is 3.54. The van der Waals surface area contributed by atoms with Crippen LogP contribution in [-0.2, 0) is 12.1 Å². The number of rotatable bonds is 5. The fourth-order valence-electron chi connectivity index (χ4n) is 3.53. The quantitative estimate of drug-likeness (QED) is 0.421. The Morgan fingerprint density at radius 2 is 2.09 bits per heavy atom. The molecule has 1 unspecified atom stereocenters. The third-order valence-corrected chi connectivity index (χ3v) is 6.18. The summed E-state index contributed by atoms with van der Waals surface area (Å²) in [5.41, 5.74) is -0.755. The Balaban J connectivity index is 1.38. The van der Waals surface area contributed by atoms with E-state index in [2.05, 4.69) is 47.1 Å². The van der Waals surface area contributed by atoms with Crippen LogP contribution in [0, 0.1) is 11.8 Å². The van der Waals surface area contributed by atoms with Crippen LogP contribution < -0.4 is 15.0 Å². The number of nitrogens with one attached hydrogen (secondary N) is 1. The predicted molar refractivity (Wildman–Crippen MR) is 129 cm³/mol. The van der Waals surface area contributed by atoms with E-state index < -0.39 is 5.60 Å². The van der Waals surface area contributed by atoms with E-state index in [1.807, 2.05) is 28.3 Å². The van der Waals surface area contributed by atoms with Gasteiger partial charge in [0.2, 0.25) is 5.95 Å². The first-order chi connectivity index (χ1) is 16.5. The summed E-state index contributed by atoms with van der Waals surface area (Å²) in [6.45, 7) is 3.20. The van der Waals surface area contributed by atoms with Crippen LogP contribution in [0.4, 0.5) is 23.4 Å². The number of nitrogens with zero attached hydrogens (tertiary/aromatic N) is 7. The van der Waals surface area contributed by atoms with Gasteiger partial charge in [0.1, 0.15) is 33.9 Å². The van der Waals surface area contributed by atoms with E-state index in [9.17, 15) is 5.11 Å². The van der Waals surface area contributed by atoms with Gasteiger partial charge in [-0.1, -0.05) is 5.92 Å². The Morgan fingerprint density at radius 3 is 2.85 bits per heavy atom. The first kappa shape index (κ1) is 21.8. The number of hydrogen-bond acceptors (Lipinski definition) is 10. The molecule has 0 aromatic carbocycles. The van der Waals surface area contributed by atoms with Crippen molar-refractivity contribution < 1.29 is 9.84 Å². The molecular formula is C23H22N8O2S. The lowest BCUT2D eigenvalue weighted by Crippen LogP contribution is -2.28. The number of thiazole rings is 1. The van der Waals surface area contributed by atoms with Crippen molar-refractivity contribution in [2.45, 2.75) is 25.5 Å². The molecule has 0 aliphatic carbocycles. The number of anilines is 4. The van der Waals surface area contributed by atoms with Gasteiger partial charge in [0.25, 0.3) is 0 Å². The Morgan fingerprint density at radius 1 is 1.18 bits per heavy atom. The van der Waals surface area contributed by atoms with Crippen LogP contribution in [0.3, 0.4) is 0 Å². The van der Waals surface area contributed by atoms with Crippen molar-refractivity contribution >= 4 is 34.7 Å². The summed E-state index contributed by atoms with van der Waals surface area (Å²) in [7, 11) is 1.60. The Hall–Kier alpha value is -4.01. The molecule has 0 saturated heterocycles. The van der Waals surface area contributed by atoms with Crippen molar-refractivity contribution in [2.24, 2.45) is 0 Å². The summed E-state index contributed by atoms with van der Waals surface area (Å²) in [6, 6.07) is 7.38. The molecule has 10 nitrogen and oxygen atoms in total. The highest BCUT2D eigenvalue weighted by Crippen LogP contribution is 2.29. The average molecular weight is 475 g/mol. The van der Waals surface area contributed by atoms with Gasteiger partial charge in [0, 0.05) is 36.9 Å². The summed E-state index contributed by atoms with van der Waals surface area (Å²) in [4.78, 5) is 19.5. The summed E-state index contributed by atoms with van der Waals surface area (Å²) in [5.74, 6) is 9.25. The minimum atomic E-state index is -1.33. The number of hydrogen-bond donors (Lipinski definition) is 2. The minimum absolute atomic E-state index is 0.436. The lowest BCUT2D eigenvalue weighted by Gasteiger charge is -2.28. The van der Waals surface area contributed by atoms with Crippen molar-refractivity contribution in [2.75, 3.05) is 23.9 Å². The van der Waals surface area contributed by atoms with Gasteiger partial charge in [-0.05, 0) is 37.5 Å². The van der Waals surface area contributed by atoms with Gasteiger partial charge in [-0.15, -0.1) is 11.3 Å². The first-order valence-corrected chi connectivity index (χ1v) is 11.5. The number of ether oxygens (including phenoxy) is 1. The van der Waals surface area contributed by atoms with E-state index >= 15 is 0 Å². The van der Waals surface area contributed by atoms with Crippen molar-refractivity contribution in [1.82, 2.24) is 29.7 Å². The number of aromatic nitrogens is 6. The van der Waals surface area contributed by atoms with Gasteiger partial charge < -0.3 is 20.1 Å². The second-order valence-electron chi connectivity index (χ2n) is 7.72. The second kappa shape index (κ2) is 9.09. The molecule has 34 heavy (non-hydrogen) atoms. The van der Waals surface area contributed by atoms with Crippen LogP contribution in [0.15, 0.2) is 48.2 Å². The van der Waals surface area contributed by atoms with Crippen LogP contribution in [0.2, 0.25) is 0 Å². The summed E-state index contributed by atoms with van der Waals surface area (Å²) < 4.78 is 7.05. The molecule has 4 aromatic heterocycles. The van der Waals surface area contributed by atoms with Crippen molar-refractivity contribution in [3.8, 4) is 17.6 Å². The molecule has 5 heterocycles. The zero-order chi connectivity index (χ0) is 23.5. The molecule has 0 radical (unpaired) electrons. The summed E-state index contributed by atoms with van der Waals surface area (Å²) in [6.07, 6.45) is 5.89. The van der Waals surface area contributed by atoms with Crippen molar-refractivity contribution in [1.29, 1.82) is 0 Å². The molecule has 0 amide bonds. The van der Waals surface area contributed by atoms with Gasteiger partial charge in [0.15, 0.2) is 5.60 Å². The molecule has 4 aromatic rings. The summed E-state index contributed by atoms with van der Waals surface area (Å²) in [5, 5.41) is 20.7. The molecular weight excluding hydrogens is 452 g/mol. The molecule has 0 fully saturated rings. The van der Waals surface area contributed by atoms with Gasteiger partial charge in [-0.3, -0.25) is 0 Å². The van der Waals surface area contributed by atoms with Crippen LogP contribution in [0.5, 0.6) is 5.75 Å². The van der Waals surface area contributed by atoms with Crippen LogP contribution in [0.1, 0.15) is 24.0 Å². The zero-order valence-corrected chi connectivity index (χ0v) is 19.5. The highest BCUT2D eigenvalue weighted by Gasteiger charge is 2.24. The predicted octanol–water partition coefficient (Wildman–Crippen LogP) is 3.08. The Kier molecular flexibility index (Phi) is 5.83. The molecule has 0 bridgehead atoms. The lowest BCUT2D eigenvalue weighted by atomic mass is 10.1. The third kappa shape index (κ3) is 4.54. The number of methoxy groups -OCH3 is 1. The zero-order valence-electron chi connectivity index (χ0n) is 18.6. The van der Waals surface area contributed by atoms with Crippen molar-refractivity contribution in [3.05, 3.63) is 58.9 Å². The second-order valence-corrected chi connectivity index (χ2v) is 8.62. The largest absolute Gasteiger partial charge is 0.495 e. The highest BCUT2D eigenvalue weighted by atomic mass is 32.1.